The molecule has 0 bridgehead atoms. The number of hydrogen-bond donors (Lipinski definition) is 1. The van der Waals surface area contributed by atoms with Gasteiger partial charge in [0, 0.05) is 24.5 Å². The van der Waals surface area contributed by atoms with Gasteiger partial charge in [-0.15, -0.1) is 0 Å². The van der Waals surface area contributed by atoms with Crippen molar-refractivity contribution in [2.24, 2.45) is 0 Å². The van der Waals surface area contributed by atoms with Crippen LogP contribution in [0.4, 0.5) is 0 Å². The normalized spacial score (nSPS) is 16.4. The molecule has 5 rings (SSSR count). The molecular weight excluding hydrogens is 492 g/mol. The van der Waals surface area contributed by atoms with Crippen LogP contribution in [0.1, 0.15) is 33.9 Å². The van der Waals surface area contributed by atoms with Gasteiger partial charge in [-0.05, 0) is 66.1 Å². The lowest BCUT2D eigenvalue weighted by atomic mass is 9.95. The molecule has 0 unspecified atom stereocenters. The average molecular weight is 521 g/mol. The van der Waals surface area contributed by atoms with Gasteiger partial charge >= 0.3 is 0 Å². The number of rotatable bonds is 8. The molecule has 0 aliphatic carbocycles. The number of aliphatic hydroxyl groups is 1. The minimum absolute atomic E-state index is 0.0301. The van der Waals surface area contributed by atoms with E-state index in [0.717, 1.165) is 16.7 Å². The molecule has 2 heterocycles. The van der Waals surface area contributed by atoms with Crippen molar-refractivity contribution in [2.45, 2.75) is 26.1 Å². The number of aliphatic hydroxyl groups excluding tert-OH is 1. The predicted molar refractivity (Wildman–Crippen MR) is 147 cm³/mol. The average Bonchev–Trinajstić information content (AvgIpc) is 3.21. The third-order valence-electron chi connectivity index (χ3n) is 6.66. The topological polar surface area (TPSA) is 89.0 Å². The number of Topliss-reactive ketones (excluding diaryl/α,β-unsaturated/α-hetero) is 1. The van der Waals surface area contributed by atoms with Gasteiger partial charge in [0.15, 0.2) is 0 Å². The van der Waals surface area contributed by atoms with Gasteiger partial charge in [0.2, 0.25) is 0 Å². The number of methoxy groups -OCH3 is 1. The van der Waals surface area contributed by atoms with Gasteiger partial charge in [-0.2, -0.15) is 0 Å². The summed E-state index contributed by atoms with van der Waals surface area (Å²) in [6, 6.07) is 24.8. The summed E-state index contributed by atoms with van der Waals surface area (Å²) in [7, 11) is 1.57. The minimum atomic E-state index is -0.784. The highest BCUT2D eigenvalue weighted by Crippen LogP contribution is 2.40. The molecule has 1 saturated heterocycles. The predicted octanol–water partition coefficient (Wildman–Crippen LogP) is 5.60. The molecule has 7 nitrogen and oxygen atoms in total. The SMILES string of the molecule is COc1ccc([C@H]2/C(=C(\O)c3ccc(OCc4cccc(C)c4)cc3)C(=O)C(=O)N2Cc2cccnc2)cc1. The van der Waals surface area contributed by atoms with E-state index >= 15 is 0 Å². The smallest absolute Gasteiger partial charge is 0.295 e. The first kappa shape index (κ1) is 25.7. The van der Waals surface area contributed by atoms with Gasteiger partial charge in [0.05, 0.1) is 18.7 Å². The van der Waals surface area contributed by atoms with Gasteiger partial charge in [-0.1, -0.05) is 48.0 Å². The molecule has 1 amide bonds. The van der Waals surface area contributed by atoms with E-state index in [-0.39, 0.29) is 17.9 Å². The zero-order valence-corrected chi connectivity index (χ0v) is 21.7. The van der Waals surface area contributed by atoms with Crippen LogP contribution in [0.2, 0.25) is 0 Å². The first-order valence-corrected chi connectivity index (χ1v) is 12.5. The first-order valence-electron chi connectivity index (χ1n) is 12.5. The molecule has 0 saturated carbocycles. The van der Waals surface area contributed by atoms with Crippen molar-refractivity contribution in [2.75, 3.05) is 7.11 Å². The van der Waals surface area contributed by atoms with E-state index < -0.39 is 17.7 Å². The maximum absolute atomic E-state index is 13.3. The Morgan fingerprint density at radius 1 is 0.923 bits per heavy atom. The van der Waals surface area contributed by atoms with E-state index in [1.54, 1.807) is 74.1 Å². The highest BCUT2D eigenvalue weighted by molar-refractivity contribution is 6.46. The number of amides is 1. The first-order chi connectivity index (χ1) is 18.9. The summed E-state index contributed by atoms with van der Waals surface area (Å²) in [5.74, 6) is -0.398. The number of likely N-dealkylation sites (tertiary alicyclic amines) is 1. The third-order valence-corrected chi connectivity index (χ3v) is 6.66. The molecule has 3 aromatic carbocycles. The lowest BCUT2D eigenvalue weighted by Gasteiger charge is -2.25. The van der Waals surface area contributed by atoms with E-state index in [2.05, 4.69) is 11.1 Å². The van der Waals surface area contributed by atoms with Crippen molar-refractivity contribution in [3.63, 3.8) is 0 Å². The molecule has 0 radical (unpaired) electrons. The van der Waals surface area contributed by atoms with Crippen molar-refractivity contribution < 1.29 is 24.2 Å². The van der Waals surface area contributed by atoms with Crippen LogP contribution in [0.3, 0.4) is 0 Å². The van der Waals surface area contributed by atoms with Crippen LogP contribution >= 0.6 is 0 Å². The largest absolute Gasteiger partial charge is 0.507 e. The number of ketones is 1. The van der Waals surface area contributed by atoms with Crippen LogP contribution < -0.4 is 9.47 Å². The Labute approximate surface area is 227 Å². The monoisotopic (exact) mass is 520 g/mol. The highest BCUT2D eigenvalue weighted by Gasteiger charge is 2.46. The van der Waals surface area contributed by atoms with E-state index in [1.165, 1.54) is 4.90 Å². The van der Waals surface area contributed by atoms with Crippen LogP contribution in [0.5, 0.6) is 11.5 Å². The molecule has 7 heteroatoms. The van der Waals surface area contributed by atoms with E-state index in [9.17, 15) is 14.7 Å². The second kappa shape index (κ2) is 11.2. The minimum Gasteiger partial charge on any atom is -0.507 e. The van der Waals surface area contributed by atoms with E-state index in [4.69, 9.17) is 9.47 Å². The summed E-state index contributed by atoms with van der Waals surface area (Å²) in [4.78, 5) is 32.1. The van der Waals surface area contributed by atoms with Crippen molar-refractivity contribution >= 4 is 17.4 Å². The number of ether oxygens (including phenoxy) is 2. The number of nitrogens with zero attached hydrogens (tertiary/aromatic N) is 2. The molecule has 39 heavy (non-hydrogen) atoms. The number of aromatic nitrogens is 1. The zero-order chi connectivity index (χ0) is 27.4. The second-order valence-corrected chi connectivity index (χ2v) is 9.36. The Morgan fingerprint density at radius 3 is 2.31 bits per heavy atom. The zero-order valence-electron chi connectivity index (χ0n) is 21.7. The Kier molecular flexibility index (Phi) is 7.41. The molecule has 1 atom stereocenters. The van der Waals surface area contributed by atoms with Crippen LogP contribution in [0.15, 0.2) is 103 Å². The number of aryl methyl sites for hydroxylation is 1. The Balaban J connectivity index is 1.47. The fourth-order valence-corrected chi connectivity index (χ4v) is 4.70. The van der Waals surface area contributed by atoms with Crippen LogP contribution in [-0.4, -0.2) is 33.8 Å². The van der Waals surface area contributed by atoms with Gasteiger partial charge in [-0.25, -0.2) is 0 Å². The number of pyridine rings is 1. The molecule has 1 aromatic heterocycles. The molecule has 196 valence electrons. The van der Waals surface area contributed by atoms with Gasteiger partial charge in [0.1, 0.15) is 23.9 Å². The van der Waals surface area contributed by atoms with Crippen molar-refractivity contribution in [3.8, 4) is 11.5 Å². The Hall–Kier alpha value is -4.91. The van der Waals surface area contributed by atoms with Crippen LogP contribution in [0, 0.1) is 6.92 Å². The van der Waals surface area contributed by atoms with Crippen LogP contribution in [0.25, 0.3) is 5.76 Å². The standard InChI is InChI=1S/C32H28N2O5/c1-21-5-3-6-22(17-21)20-39-27-14-10-25(11-15-27)30(35)28-29(24-8-12-26(38-2)13-9-24)34(32(37)31(28)36)19-23-7-4-16-33-18-23/h3-18,29,35H,19-20H2,1-2H3/b30-28+/t29-/m0/s1. The molecule has 0 spiro atoms. The number of hydrogen-bond acceptors (Lipinski definition) is 6. The molecular formula is C32H28N2O5. The van der Waals surface area contributed by atoms with Gasteiger partial charge in [-0.3, -0.25) is 14.6 Å². The fourth-order valence-electron chi connectivity index (χ4n) is 4.70. The lowest BCUT2D eigenvalue weighted by Crippen LogP contribution is -2.29. The molecule has 1 aliphatic heterocycles. The Morgan fingerprint density at radius 2 is 1.64 bits per heavy atom. The highest BCUT2D eigenvalue weighted by atomic mass is 16.5. The summed E-state index contributed by atoms with van der Waals surface area (Å²) in [5.41, 5.74) is 4.10. The maximum Gasteiger partial charge on any atom is 0.295 e. The second-order valence-electron chi connectivity index (χ2n) is 9.36. The summed E-state index contributed by atoms with van der Waals surface area (Å²) >= 11 is 0. The number of benzene rings is 3. The Bertz CT molecular complexity index is 1510. The van der Waals surface area contributed by atoms with Gasteiger partial charge < -0.3 is 19.5 Å². The van der Waals surface area contributed by atoms with E-state index in [1.807, 2.05) is 31.2 Å². The molecule has 4 aromatic rings. The summed E-state index contributed by atoms with van der Waals surface area (Å²) in [6.07, 6.45) is 3.30. The third kappa shape index (κ3) is 5.52. The van der Waals surface area contributed by atoms with E-state index in [0.29, 0.717) is 29.2 Å². The number of carbonyl (C=O) groups excluding carboxylic acids is 2. The van der Waals surface area contributed by atoms with Crippen molar-refractivity contribution in [3.05, 3.63) is 131 Å². The van der Waals surface area contributed by atoms with Crippen molar-refractivity contribution in [1.82, 2.24) is 9.88 Å². The quantitative estimate of drug-likeness (QED) is 0.185. The molecule has 1 N–H and O–H groups in total. The fraction of sp³-hybridized carbons (Fsp3) is 0.156. The molecule has 1 aliphatic rings. The summed E-state index contributed by atoms with van der Waals surface area (Å²) in [6.45, 7) is 2.60. The van der Waals surface area contributed by atoms with Gasteiger partial charge in [0.25, 0.3) is 11.7 Å². The molecule has 1 fully saturated rings. The number of carbonyl (C=O) groups is 2. The summed E-state index contributed by atoms with van der Waals surface area (Å²) in [5, 5.41) is 11.4. The summed E-state index contributed by atoms with van der Waals surface area (Å²) < 4.78 is 11.2. The van der Waals surface area contributed by atoms with Crippen molar-refractivity contribution in [1.29, 1.82) is 0 Å². The lowest BCUT2D eigenvalue weighted by molar-refractivity contribution is -0.140. The maximum atomic E-state index is 13.3. The van der Waals surface area contributed by atoms with Crippen LogP contribution in [-0.2, 0) is 22.7 Å².